The second-order valence-electron chi connectivity index (χ2n) is 5.42. The lowest BCUT2D eigenvalue weighted by Crippen LogP contribution is -2.20. The molecule has 2 N–H and O–H groups in total. The number of carbonyl (C=O) groups excluding carboxylic acids is 1. The van der Waals surface area contributed by atoms with Crippen LogP contribution < -0.4 is 9.47 Å². The van der Waals surface area contributed by atoms with Gasteiger partial charge in [-0.25, -0.2) is 0 Å². The zero-order chi connectivity index (χ0) is 16.5. The van der Waals surface area contributed by atoms with Crippen LogP contribution in [-0.2, 0) is 9.53 Å². The molecule has 120 valence electrons. The fraction of sp³-hybridized carbons (Fsp3) is 0.438. The van der Waals surface area contributed by atoms with Crippen LogP contribution in [0.15, 0.2) is 6.08 Å². The summed E-state index contributed by atoms with van der Waals surface area (Å²) in [7, 11) is 2.75. The van der Waals surface area contributed by atoms with Crippen LogP contribution in [0.25, 0.3) is 6.08 Å². The Morgan fingerprint density at radius 2 is 1.77 bits per heavy atom. The van der Waals surface area contributed by atoms with E-state index >= 15 is 0 Å². The number of ether oxygens (including phenoxy) is 3. The highest BCUT2D eigenvalue weighted by Crippen LogP contribution is 2.48. The molecule has 2 rings (SSSR count). The maximum absolute atomic E-state index is 11.3. The van der Waals surface area contributed by atoms with Gasteiger partial charge in [-0.3, -0.25) is 4.79 Å². The second-order valence-corrected chi connectivity index (χ2v) is 5.42. The van der Waals surface area contributed by atoms with Crippen LogP contribution in [0.5, 0.6) is 23.0 Å². The van der Waals surface area contributed by atoms with E-state index in [1.807, 2.05) is 0 Å². The maximum Gasteiger partial charge on any atom is 0.306 e. The molecule has 1 unspecified atom stereocenters. The number of phenolic OH excluding ortho intramolecular Hbond substituents is 2. The number of phenols is 2. The van der Waals surface area contributed by atoms with E-state index in [1.54, 1.807) is 26.0 Å². The molecule has 0 saturated carbocycles. The Balaban J connectivity index is 2.48. The average molecular weight is 308 g/mol. The number of benzene rings is 1. The van der Waals surface area contributed by atoms with E-state index in [0.29, 0.717) is 24.0 Å². The first-order valence-corrected chi connectivity index (χ1v) is 6.90. The first-order valence-electron chi connectivity index (χ1n) is 6.90. The van der Waals surface area contributed by atoms with Gasteiger partial charge in [-0.1, -0.05) is 6.08 Å². The van der Waals surface area contributed by atoms with Crippen LogP contribution in [0.4, 0.5) is 0 Å². The summed E-state index contributed by atoms with van der Waals surface area (Å²) in [5.74, 6) is -0.362. The van der Waals surface area contributed by atoms with Gasteiger partial charge < -0.3 is 24.4 Å². The van der Waals surface area contributed by atoms with Crippen molar-refractivity contribution < 1.29 is 29.2 Å². The van der Waals surface area contributed by atoms with Crippen LogP contribution in [0, 0.1) is 6.92 Å². The van der Waals surface area contributed by atoms with Crippen LogP contribution in [-0.4, -0.2) is 36.0 Å². The van der Waals surface area contributed by atoms with Crippen LogP contribution in [0.3, 0.4) is 0 Å². The van der Waals surface area contributed by atoms with E-state index in [2.05, 4.69) is 0 Å². The Bertz CT molecular complexity index is 634. The largest absolute Gasteiger partial charge is 0.504 e. The molecule has 6 heteroatoms. The van der Waals surface area contributed by atoms with Crippen LogP contribution >= 0.6 is 0 Å². The van der Waals surface area contributed by atoms with Gasteiger partial charge >= 0.3 is 5.97 Å². The molecule has 0 aromatic heterocycles. The molecule has 0 amide bonds. The molecule has 22 heavy (non-hydrogen) atoms. The predicted molar refractivity (Wildman–Crippen MR) is 80.4 cm³/mol. The molecule has 1 aliphatic rings. The van der Waals surface area contributed by atoms with Crippen LogP contribution in [0.1, 0.15) is 30.9 Å². The molecule has 0 aliphatic carbocycles. The summed E-state index contributed by atoms with van der Waals surface area (Å²) in [6.45, 7) is 3.45. The normalized spacial score (nSPS) is 21.2. The molecule has 1 atom stereocenters. The first kappa shape index (κ1) is 16.0. The van der Waals surface area contributed by atoms with E-state index < -0.39 is 5.60 Å². The predicted octanol–water partition coefficient (Wildman–Crippen LogP) is 2.53. The summed E-state index contributed by atoms with van der Waals surface area (Å²) < 4.78 is 15.4. The van der Waals surface area contributed by atoms with E-state index in [4.69, 9.17) is 14.2 Å². The van der Waals surface area contributed by atoms with Gasteiger partial charge in [0, 0.05) is 24.0 Å². The fourth-order valence-corrected chi connectivity index (χ4v) is 2.48. The zero-order valence-electron chi connectivity index (χ0n) is 13.1. The molecule has 1 fully saturated rings. The van der Waals surface area contributed by atoms with Gasteiger partial charge in [0.1, 0.15) is 5.60 Å². The van der Waals surface area contributed by atoms with Gasteiger partial charge in [0.05, 0.1) is 14.2 Å². The highest BCUT2D eigenvalue weighted by molar-refractivity contribution is 5.76. The lowest BCUT2D eigenvalue weighted by molar-refractivity contribution is -0.144. The molecule has 0 spiro atoms. The summed E-state index contributed by atoms with van der Waals surface area (Å²) in [5.41, 5.74) is 0.123. The minimum Gasteiger partial charge on any atom is -0.504 e. The Hall–Kier alpha value is -2.37. The average Bonchev–Trinajstić information content (AvgIpc) is 2.82. The molecule has 1 saturated heterocycles. The smallest absolute Gasteiger partial charge is 0.306 e. The van der Waals surface area contributed by atoms with Crippen LogP contribution in [0.2, 0.25) is 0 Å². The van der Waals surface area contributed by atoms with Gasteiger partial charge in [-0.15, -0.1) is 0 Å². The van der Waals surface area contributed by atoms with Gasteiger partial charge in [0.2, 0.25) is 11.5 Å². The fourth-order valence-electron chi connectivity index (χ4n) is 2.48. The summed E-state index contributed by atoms with van der Waals surface area (Å²) in [5, 5.41) is 20.5. The minimum absolute atomic E-state index is 0.0545. The Morgan fingerprint density at radius 3 is 2.27 bits per heavy atom. The van der Waals surface area contributed by atoms with Crippen molar-refractivity contribution in [2.24, 2.45) is 0 Å². The van der Waals surface area contributed by atoms with Crippen molar-refractivity contribution in [3.05, 3.63) is 17.2 Å². The third-order valence-corrected chi connectivity index (χ3v) is 3.83. The number of carbonyl (C=O) groups is 1. The van der Waals surface area contributed by atoms with Crippen molar-refractivity contribution in [3.8, 4) is 23.0 Å². The maximum atomic E-state index is 11.3. The second kappa shape index (κ2) is 5.79. The van der Waals surface area contributed by atoms with E-state index in [-0.39, 0.29) is 29.0 Å². The van der Waals surface area contributed by atoms with Crippen molar-refractivity contribution in [2.45, 2.75) is 32.3 Å². The van der Waals surface area contributed by atoms with E-state index in [1.165, 1.54) is 14.2 Å². The molecule has 0 bridgehead atoms. The molecular formula is C16H20O6. The van der Waals surface area contributed by atoms with Crippen molar-refractivity contribution >= 4 is 12.0 Å². The number of aromatic hydroxyl groups is 2. The summed E-state index contributed by atoms with van der Waals surface area (Å²) in [6, 6.07) is 0. The number of rotatable bonds is 4. The SMILES string of the molecule is COc1c(O)c(C)c(C=CC2(C)CCC(=O)O2)c(O)c1OC. The lowest BCUT2D eigenvalue weighted by atomic mass is 9.98. The minimum atomic E-state index is -0.710. The third-order valence-electron chi connectivity index (χ3n) is 3.83. The van der Waals surface area contributed by atoms with Crippen molar-refractivity contribution in [1.29, 1.82) is 0 Å². The molecule has 0 radical (unpaired) electrons. The van der Waals surface area contributed by atoms with Gasteiger partial charge in [0.25, 0.3) is 0 Å². The number of hydrogen-bond donors (Lipinski definition) is 2. The highest BCUT2D eigenvalue weighted by Gasteiger charge is 2.33. The zero-order valence-corrected chi connectivity index (χ0v) is 13.1. The number of cyclic esters (lactones) is 1. The van der Waals surface area contributed by atoms with Crippen molar-refractivity contribution in [3.63, 3.8) is 0 Å². The van der Waals surface area contributed by atoms with Gasteiger partial charge in [-0.2, -0.15) is 0 Å². The Labute approximate surface area is 128 Å². The molecular weight excluding hydrogens is 288 g/mol. The first-order chi connectivity index (χ1) is 10.3. The quantitative estimate of drug-likeness (QED) is 0.657. The number of esters is 1. The molecule has 1 heterocycles. The Kier molecular flexibility index (Phi) is 4.21. The molecule has 1 aromatic rings. The molecule has 1 aromatic carbocycles. The number of methoxy groups -OCH3 is 2. The number of hydrogen-bond acceptors (Lipinski definition) is 6. The van der Waals surface area contributed by atoms with Gasteiger partial charge in [0.15, 0.2) is 11.5 Å². The van der Waals surface area contributed by atoms with E-state index in [0.717, 1.165) is 0 Å². The lowest BCUT2D eigenvalue weighted by Gasteiger charge is -2.19. The molecule has 6 nitrogen and oxygen atoms in total. The summed E-state index contributed by atoms with van der Waals surface area (Å²) in [4.78, 5) is 11.3. The highest BCUT2D eigenvalue weighted by atomic mass is 16.6. The third kappa shape index (κ3) is 2.68. The summed E-state index contributed by atoms with van der Waals surface area (Å²) >= 11 is 0. The Morgan fingerprint density at radius 1 is 1.18 bits per heavy atom. The summed E-state index contributed by atoms with van der Waals surface area (Å²) in [6.07, 6.45) is 4.25. The topological polar surface area (TPSA) is 85.2 Å². The van der Waals surface area contributed by atoms with Gasteiger partial charge in [-0.05, 0) is 19.9 Å². The standard InChI is InChI=1S/C16H20O6/c1-9-10(5-7-16(2)8-6-11(17)22-16)13(19)15(21-4)14(20-3)12(9)18/h5,7,18-19H,6,8H2,1-4H3. The molecule has 1 aliphatic heterocycles. The van der Waals surface area contributed by atoms with Crippen molar-refractivity contribution in [1.82, 2.24) is 0 Å². The van der Waals surface area contributed by atoms with Crippen molar-refractivity contribution in [2.75, 3.05) is 14.2 Å². The van der Waals surface area contributed by atoms with E-state index in [9.17, 15) is 15.0 Å². The monoisotopic (exact) mass is 308 g/mol.